The van der Waals surface area contributed by atoms with Crippen LogP contribution in [0.1, 0.15) is 38.7 Å². The smallest absolute Gasteiger partial charge is 0.264 e. The van der Waals surface area contributed by atoms with Crippen molar-refractivity contribution in [2.45, 2.75) is 45.1 Å². The lowest BCUT2D eigenvalue weighted by Gasteiger charge is -2.24. The van der Waals surface area contributed by atoms with E-state index in [1.165, 1.54) is 0 Å². The van der Waals surface area contributed by atoms with Gasteiger partial charge in [-0.15, -0.1) is 0 Å². The fraction of sp³-hybridized carbons (Fsp3) is 0.333. The van der Waals surface area contributed by atoms with Gasteiger partial charge in [0.15, 0.2) is 0 Å². The van der Waals surface area contributed by atoms with Crippen LogP contribution in [0.2, 0.25) is 0 Å². The van der Waals surface area contributed by atoms with Gasteiger partial charge in [0.1, 0.15) is 17.1 Å². The van der Waals surface area contributed by atoms with E-state index in [-0.39, 0.29) is 11.3 Å². The molecule has 6 nitrogen and oxygen atoms in total. The van der Waals surface area contributed by atoms with Crippen molar-refractivity contribution in [2.24, 2.45) is 0 Å². The molecule has 2 aromatic rings. The third kappa shape index (κ3) is 5.00. The summed E-state index contributed by atoms with van der Waals surface area (Å²) in [6, 6.07) is 16.5. The highest BCUT2D eigenvalue weighted by Crippen LogP contribution is 2.29. The van der Waals surface area contributed by atoms with Crippen LogP contribution in [0, 0.1) is 0 Å². The highest BCUT2D eigenvalue weighted by atomic mass is 16.5. The van der Waals surface area contributed by atoms with Crippen molar-refractivity contribution >= 4 is 17.5 Å². The number of hydrogen-bond donors (Lipinski definition) is 3. The fourth-order valence-corrected chi connectivity index (χ4v) is 3.50. The molecule has 158 valence electrons. The van der Waals surface area contributed by atoms with Crippen LogP contribution in [-0.4, -0.2) is 29.1 Å². The predicted octanol–water partition coefficient (Wildman–Crippen LogP) is 4.14. The van der Waals surface area contributed by atoms with E-state index >= 15 is 0 Å². The highest BCUT2D eigenvalue weighted by molar-refractivity contribution is 6.24. The number of unbranched alkanes of at least 4 members (excludes halogenated alkanes) is 2. The Kier molecular flexibility index (Phi) is 6.77. The average molecular weight is 408 g/mol. The van der Waals surface area contributed by atoms with E-state index in [0.717, 1.165) is 24.8 Å². The molecule has 0 fully saturated rings. The summed E-state index contributed by atoms with van der Waals surface area (Å²) < 4.78 is 5.71. The van der Waals surface area contributed by atoms with Crippen LogP contribution in [0.4, 0.5) is 5.69 Å². The number of hydrogen-bond acceptors (Lipinski definition) is 4. The van der Waals surface area contributed by atoms with Crippen LogP contribution >= 0.6 is 0 Å². The average Bonchev–Trinajstić information content (AvgIpc) is 2.94. The van der Waals surface area contributed by atoms with Gasteiger partial charge in [-0.05, 0) is 31.0 Å². The molecule has 6 heteroatoms. The first-order valence-corrected chi connectivity index (χ1v) is 10.3. The Morgan fingerprint density at radius 2 is 1.90 bits per heavy atom. The van der Waals surface area contributed by atoms with Gasteiger partial charge >= 0.3 is 0 Å². The maximum absolute atomic E-state index is 12.8. The molecule has 1 atom stereocenters. The Bertz CT molecular complexity index is 939. The lowest BCUT2D eigenvalue weighted by Crippen LogP contribution is -2.43. The first kappa shape index (κ1) is 21.4. The standard InChI is InChI=1S/C24H28N2O4/c1-3-4-8-14-30-19-13-9-12-18(15-19)25-22(28)20-21(27)24(2,26-23(20)29)16-17-10-6-5-7-11-17/h5-7,9-13,15,27H,3-4,8,14,16H2,1-2H3,(H,25,28)(H,26,29). The number of carbonyl (C=O) groups excluding carboxylic acids is 2. The van der Waals surface area contributed by atoms with Crippen molar-refractivity contribution in [1.82, 2.24) is 5.32 Å². The summed E-state index contributed by atoms with van der Waals surface area (Å²) in [5.74, 6) is -0.840. The van der Waals surface area contributed by atoms with Crippen LogP contribution in [0.5, 0.6) is 5.75 Å². The summed E-state index contributed by atoms with van der Waals surface area (Å²) >= 11 is 0. The number of aliphatic hydroxyl groups is 1. The Labute approximate surface area is 177 Å². The molecule has 2 aromatic carbocycles. The molecular weight excluding hydrogens is 380 g/mol. The third-order valence-corrected chi connectivity index (χ3v) is 5.11. The minimum absolute atomic E-state index is 0.249. The van der Waals surface area contributed by atoms with Crippen molar-refractivity contribution in [3.8, 4) is 5.75 Å². The minimum Gasteiger partial charge on any atom is -0.509 e. The number of rotatable bonds is 9. The Morgan fingerprint density at radius 3 is 2.63 bits per heavy atom. The van der Waals surface area contributed by atoms with Gasteiger partial charge in [-0.2, -0.15) is 0 Å². The summed E-state index contributed by atoms with van der Waals surface area (Å²) in [7, 11) is 0. The Balaban J connectivity index is 1.71. The molecular formula is C24H28N2O4. The molecule has 1 unspecified atom stereocenters. The van der Waals surface area contributed by atoms with E-state index in [2.05, 4.69) is 17.6 Å². The lowest BCUT2D eigenvalue weighted by atomic mass is 9.91. The maximum Gasteiger partial charge on any atom is 0.264 e. The zero-order valence-electron chi connectivity index (χ0n) is 17.4. The van der Waals surface area contributed by atoms with Gasteiger partial charge in [0.2, 0.25) is 0 Å². The molecule has 30 heavy (non-hydrogen) atoms. The van der Waals surface area contributed by atoms with E-state index in [4.69, 9.17) is 4.74 Å². The van der Waals surface area contributed by atoms with Crippen LogP contribution in [0.15, 0.2) is 65.9 Å². The van der Waals surface area contributed by atoms with E-state index in [0.29, 0.717) is 24.5 Å². The van der Waals surface area contributed by atoms with Crippen molar-refractivity contribution in [1.29, 1.82) is 0 Å². The summed E-state index contributed by atoms with van der Waals surface area (Å²) in [4.78, 5) is 25.2. The monoisotopic (exact) mass is 408 g/mol. The van der Waals surface area contributed by atoms with Gasteiger partial charge in [0.25, 0.3) is 11.8 Å². The Hall–Kier alpha value is -3.28. The van der Waals surface area contributed by atoms with E-state index < -0.39 is 17.4 Å². The number of benzene rings is 2. The fourth-order valence-electron chi connectivity index (χ4n) is 3.50. The van der Waals surface area contributed by atoms with Gasteiger partial charge in [0, 0.05) is 18.2 Å². The second-order valence-electron chi connectivity index (χ2n) is 7.71. The molecule has 1 aliphatic heterocycles. The van der Waals surface area contributed by atoms with Gasteiger partial charge in [0.05, 0.1) is 12.1 Å². The number of anilines is 1. The number of nitrogens with one attached hydrogen (secondary N) is 2. The molecule has 1 heterocycles. The van der Waals surface area contributed by atoms with Gasteiger partial charge in [-0.3, -0.25) is 9.59 Å². The second-order valence-corrected chi connectivity index (χ2v) is 7.71. The molecule has 0 spiro atoms. The molecule has 2 amide bonds. The zero-order chi connectivity index (χ0) is 21.6. The third-order valence-electron chi connectivity index (χ3n) is 5.11. The first-order chi connectivity index (χ1) is 14.4. The molecule has 0 aliphatic carbocycles. The van der Waals surface area contributed by atoms with Crippen molar-refractivity contribution in [3.05, 3.63) is 71.5 Å². The van der Waals surface area contributed by atoms with Gasteiger partial charge < -0.3 is 20.5 Å². The first-order valence-electron chi connectivity index (χ1n) is 10.3. The number of aliphatic hydroxyl groups excluding tert-OH is 1. The molecule has 0 radical (unpaired) electrons. The lowest BCUT2D eigenvalue weighted by molar-refractivity contribution is -0.121. The van der Waals surface area contributed by atoms with Crippen LogP contribution in [0.25, 0.3) is 0 Å². The molecule has 0 aromatic heterocycles. The van der Waals surface area contributed by atoms with E-state index in [1.807, 2.05) is 36.4 Å². The van der Waals surface area contributed by atoms with Crippen LogP contribution < -0.4 is 15.4 Å². The van der Waals surface area contributed by atoms with Gasteiger partial charge in [-0.25, -0.2) is 0 Å². The normalized spacial score (nSPS) is 18.3. The summed E-state index contributed by atoms with van der Waals surface area (Å²) in [6.45, 7) is 4.44. The highest BCUT2D eigenvalue weighted by Gasteiger charge is 2.44. The maximum atomic E-state index is 12.8. The predicted molar refractivity (Wildman–Crippen MR) is 116 cm³/mol. The summed E-state index contributed by atoms with van der Waals surface area (Å²) in [5, 5.41) is 16.2. The molecule has 0 saturated carbocycles. The molecule has 1 aliphatic rings. The Morgan fingerprint density at radius 1 is 1.13 bits per heavy atom. The number of ether oxygens (including phenoxy) is 1. The van der Waals surface area contributed by atoms with Crippen molar-refractivity contribution in [2.75, 3.05) is 11.9 Å². The molecule has 0 bridgehead atoms. The molecule has 0 saturated heterocycles. The van der Waals surface area contributed by atoms with Crippen LogP contribution in [-0.2, 0) is 16.0 Å². The van der Waals surface area contributed by atoms with E-state index in [9.17, 15) is 14.7 Å². The SMILES string of the molecule is CCCCCOc1cccc(NC(=O)C2=C(O)C(C)(Cc3ccccc3)NC2=O)c1. The van der Waals surface area contributed by atoms with Crippen LogP contribution in [0.3, 0.4) is 0 Å². The van der Waals surface area contributed by atoms with E-state index in [1.54, 1.807) is 25.1 Å². The minimum atomic E-state index is -1.03. The number of carbonyl (C=O) groups is 2. The summed E-state index contributed by atoms with van der Waals surface area (Å²) in [6.07, 6.45) is 3.56. The van der Waals surface area contributed by atoms with Crippen molar-refractivity contribution in [3.63, 3.8) is 0 Å². The largest absolute Gasteiger partial charge is 0.509 e. The second kappa shape index (κ2) is 9.48. The zero-order valence-corrected chi connectivity index (χ0v) is 17.4. The number of amides is 2. The molecule has 3 rings (SSSR count). The van der Waals surface area contributed by atoms with Crippen molar-refractivity contribution < 1.29 is 19.4 Å². The quantitative estimate of drug-likeness (QED) is 0.430. The molecule has 3 N–H and O–H groups in total. The summed E-state index contributed by atoms with van der Waals surface area (Å²) in [5.41, 5.74) is 0.150. The van der Waals surface area contributed by atoms with Gasteiger partial charge in [-0.1, -0.05) is 56.2 Å². The topological polar surface area (TPSA) is 87.7 Å².